The van der Waals surface area contributed by atoms with Gasteiger partial charge in [-0.05, 0) is 104 Å². The zero-order valence-electron chi connectivity index (χ0n) is 31.1. The first-order chi connectivity index (χ1) is 24.9. The predicted octanol–water partition coefficient (Wildman–Crippen LogP) is 11.8. The number of nitrogens with one attached hydrogen (secondary N) is 2. The summed E-state index contributed by atoms with van der Waals surface area (Å²) in [5.74, 6) is 0.602. The molecule has 8 rings (SSSR count). The zero-order valence-corrected chi connectivity index (χ0v) is 31.1. The van der Waals surface area contributed by atoms with E-state index in [2.05, 4.69) is 137 Å². The van der Waals surface area contributed by atoms with E-state index < -0.39 is 0 Å². The summed E-state index contributed by atoms with van der Waals surface area (Å²) in [7, 11) is 0. The molecule has 258 valence electrons. The molecule has 0 amide bonds. The number of H-pyrrole nitrogens is 2. The highest BCUT2D eigenvalue weighted by molar-refractivity contribution is 6.28. The molecule has 4 heteroatoms. The number of rotatable bonds is 10. The minimum Gasteiger partial charge on any atom is -0.359 e. The van der Waals surface area contributed by atoms with Crippen LogP contribution in [0.4, 0.5) is 0 Å². The molecule has 0 radical (unpaired) electrons. The lowest BCUT2D eigenvalue weighted by atomic mass is 9.75. The number of unbranched alkanes of at least 4 members (excludes halogenated alkanes) is 2. The molecule has 0 saturated heterocycles. The van der Waals surface area contributed by atoms with Gasteiger partial charge in [0.05, 0.1) is 22.8 Å². The maximum absolute atomic E-state index is 5.51. The van der Waals surface area contributed by atoms with Gasteiger partial charge in [-0.1, -0.05) is 99.5 Å². The molecule has 2 aromatic carbocycles. The van der Waals surface area contributed by atoms with E-state index in [0.717, 1.165) is 35.7 Å². The lowest BCUT2D eigenvalue weighted by Crippen LogP contribution is -2.22. The molecule has 2 unspecified atom stereocenters. The van der Waals surface area contributed by atoms with Crippen molar-refractivity contribution in [2.75, 3.05) is 0 Å². The molecule has 2 N–H and O–H groups in total. The Kier molecular flexibility index (Phi) is 8.88. The molecule has 4 aliphatic rings. The maximum Gasteiger partial charge on any atom is 0.0733 e. The van der Waals surface area contributed by atoms with Crippen LogP contribution in [-0.2, 0) is 12.8 Å². The largest absolute Gasteiger partial charge is 0.359 e. The molecule has 2 aliphatic heterocycles. The molecular weight excluding hydrogens is 621 g/mol. The lowest BCUT2D eigenvalue weighted by Gasteiger charge is -2.28. The number of allylic oxidation sites excluding steroid dienone is 7. The van der Waals surface area contributed by atoms with Gasteiger partial charge in [0, 0.05) is 57.7 Å². The summed E-state index contributed by atoms with van der Waals surface area (Å²) in [6.45, 7) is 13.5. The zero-order chi connectivity index (χ0) is 35.2. The average Bonchev–Trinajstić information content (AvgIpc) is 3.83. The van der Waals surface area contributed by atoms with Gasteiger partial charge < -0.3 is 9.97 Å². The van der Waals surface area contributed by atoms with E-state index in [1.165, 1.54) is 104 Å². The molecular formula is C47H50N4. The van der Waals surface area contributed by atoms with Gasteiger partial charge in [0.2, 0.25) is 0 Å². The van der Waals surface area contributed by atoms with E-state index >= 15 is 0 Å². The van der Waals surface area contributed by atoms with Gasteiger partial charge in [0.15, 0.2) is 0 Å². The molecule has 2 aromatic heterocycles. The van der Waals surface area contributed by atoms with Crippen molar-refractivity contribution in [3.8, 4) is 0 Å². The Bertz CT molecular complexity index is 2300. The molecule has 2 atom stereocenters. The Hall–Kier alpha value is -4.96. The third-order valence-corrected chi connectivity index (χ3v) is 11.6. The van der Waals surface area contributed by atoms with E-state index in [0.29, 0.717) is 12.3 Å². The second kappa shape index (κ2) is 13.6. The van der Waals surface area contributed by atoms with E-state index in [-0.39, 0.29) is 5.92 Å². The molecule has 4 nitrogen and oxygen atoms in total. The lowest BCUT2D eigenvalue weighted by molar-refractivity contribution is 0.640. The quantitative estimate of drug-likeness (QED) is 0.169. The Morgan fingerprint density at radius 2 is 1.35 bits per heavy atom. The Morgan fingerprint density at radius 1 is 0.706 bits per heavy atom. The third kappa shape index (κ3) is 5.89. The van der Waals surface area contributed by atoms with Crippen LogP contribution in [0.15, 0.2) is 99.7 Å². The van der Waals surface area contributed by atoms with Gasteiger partial charge in [0.1, 0.15) is 0 Å². The van der Waals surface area contributed by atoms with Gasteiger partial charge in [-0.15, -0.1) is 0 Å². The monoisotopic (exact) mass is 670 g/mol. The van der Waals surface area contributed by atoms with Crippen molar-refractivity contribution in [2.24, 2.45) is 21.8 Å². The van der Waals surface area contributed by atoms with Crippen molar-refractivity contribution in [3.63, 3.8) is 0 Å². The first-order valence-electron chi connectivity index (χ1n) is 19.1. The number of hydrogen-bond acceptors (Lipinski definition) is 2. The van der Waals surface area contributed by atoms with Gasteiger partial charge in [-0.25, -0.2) is 0 Å². The van der Waals surface area contributed by atoms with Gasteiger partial charge in [-0.3, -0.25) is 9.98 Å². The van der Waals surface area contributed by atoms with E-state index in [9.17, 15) is 0 Å². The summed E-state index contributed by atoms with van der Waals surface area (Å²) in [5, 5.41) is 2.49. The standard InChI is InChI=1S/C47H50N4/c1-7-9-17-34-28(3)40(48-30(34)5)25-42-38-23-21-32-15-11-13-19-36(32)46(38)44(50-42)27-45-47-37-20-14-12-16-33(37)22-24-39(47)43(51-45)26-41-29(4)35(18-10-8-2)31(6)49-41/h11-16,19-26,32,36,48-49H,7-10,17-18,27H2,1-6H3/b42-25-,43-26+. The summed E-state index contributed by atoms with van der Waals surface area (Å²) < 4.78 is 0. The summed E-state index contributed by atoms with van der Waals surface area (Å²) in [6, 6.07) is 13.3. The Morgan fingerprint density at radius 3 is 2.06 bits per heavy atom. The number of benzene rings is 2. The molecule has 51 heavy (non-hydrogen) atoms. The second-order valence-electron chi connectivity index (χ2n) is 14.9. The predicted molar refractivity (Wildman–Crippen MR) is 218 cm³/mol. The van der Waals surface area contributed by atoms with Gasteiger partial charge in [-0.2, -0.15) is 0 Å². The van der Waals surface area contributed by atoms with Crippen LogP contribution in [-0.4, -0.2) is 21.4 Å². The molecule has 0 fully saturated rings. The fourth-order valence-corrected chi connectivity index (χ4v) is 8.76. The summed E-state index contributed by atoms with van der Waals surface area (Å²) in [4.78, 5) is 18.4. The summed E-state index contributed by atoms with van der Waals surface area (Å²) in [5.41, 5.74) is 19.8. The van der Waals surface area contributed by atoms with Crippen LogP contribution in [0.1, 0.15) is 102 Å². The molecule has 0 bridgehead atoms. The van der Waals surface area contributed by atoms with Crippen LogP contribution >= 0.6 is 0 Å². The SMILES string of the molecule is CCCCc1c(C)[nH]c(/C=C2\N=C(CC3=N/C(=C/c4[nH]c(C)c(CCCC)c4C)c4ccc5ccccc5c43)C3=C2C=CC2C=CC=CC32)c1C. The van der Waals surface area contributed by atoms with Gasteiger partial charge >= 0.3 is 0 Å². The van der Waals surface area contributed by atoms with Gasteiger partial charge in [0.25, 0.3) is 0 Å². The van der Waals surface area contributed by atoms with E-state index in [1.54, 1.807) is 0 Å². The summed E-state index contributed by atoms with van der Waals surface area (Å²) >= 11 is 0. The fraction of sp³-hybridized carbons (Fsp3) is 0.319. The smallest absolute Gasteiger partial charge is 0.0733 e. The highest BCUT2D eigenvalue weighted by atomic mass is 14.9. The topological polar surface area (TPSA) is 56.3 Å². The number of nitrogens with zero attached hydrogens (tertiary/aromatic N) is 2. The van der Waals surface area contributed by atoms with E-state index in [4.69, 9.17) is 9.98 Å². The molecule has 4 aromatic rings. The normalized spacial score (nSPS) is 20.5. The van der Waals surface area contributed by atoms with E-state index in [1.807, 2.05) is 0 Å². The average molecular weight is 671 g/mol. The van der Waals surface area contributed by atoms with Crippen molar-refractivity contribution >= 4 is 40.0 Å². The first kappa shape index (κ1) is 33.2. The van der Waals surface area contributed by atoms with Crippen LogP contribution in [0.25, 0.3) is 28.6 Å². The second-order valence-corrected chi connectivity index (χ2v) is 14.9. The van der Waals surface area contributed by atoms with Crippen molar-refractivity contribution in [1.82, 2.24) is 9.97 Å². The number of fused-ring (bicyclic) bond motifs is 5. The van der Waals surface area contributed by atoms with Crippen molar-refractivity contribution in [2.45, 2.75) is 86.5 Å². The van der Waals surface area contributed by atoms with Crippen LogP contribution in [0, 0.1) is 39.5 Å². The van der Waals surface area contributed by atoms with Crippen molar-refractivity contribution in [3.05, 3.63) is 146 Å². The maximum atomic E-state index is 5.51. The third-order valence-electron chi connectivity index (χ3n) is 11.6. The minimum absolute atomic E-state index is 0.265. The molecule has 0 spiro atoms. The number of aromatic amines is 2. The van der Waals surface area contributed by atoms with Crippen molar-refractivity contribution in [1.29, 1.82) is 0 Å². The fourth-order valence-electron chi connectivity index (χ4n) is 8.76. The number of hydrogen-bond donors (Lipinski definition) is 2. The molecule has 2 aliphatic carbocycles. The van der Waals surface area contributed by atoms with Crippen LogP contribution in [0.5, 0.6) is 0 Å². The number of aromatic nitrogens is 2. The highest BCUT2D eigenvalue weighted by Crippen LogP contribution is 2.45. The Labute approximate surface area is 303 Å². The van der Waals surface area contributed by atoms with Crippen LogP contribution in [0.3, 0.4) is 0 Å². The summed E-state index contributed by atoms with van der Waals surface area (Å²) in [6.07, 6.45) is 26.0. The number of aliphatic imine (C=N–C) groups is 2. The highest BCUT2D eigenvalue weighted by Gasteiger charge is 2.36. The number of aryl methyl sites for hydroxylation is 2. The first-order valence-corrected chi connectivity index (χ1v) is 19.1. The molecule has 0 saturated carbocycles. The van der Waals surface area contributed by atoms with Crippen molar-refractivity contribution < 1.29 is 0 Å². The molecule has 4 heterocycles. The minimum atomic E-state index is 0.265. The van der Waals surface area contributed by atoms with Crippen LogP contribution in [0.2, 0.25) is 0 Å². The Balaban J connectivity index is 1.25. The van der Waals surface area contributed by atoms with Crippen LogP contribution < -0.4 is 0 Å².